The normalized spacial score (nSPS) is 16.9. The van der Waals surface area contributed by atoms with E-state index in [0.29, 0.717) is 29.7 Å². The van der Waals surface area contributed by atoms with Crippen LogP contribution in [0.2, 0.25) is 0 Å². The zero-order chi connectivity index (χ0) is 30.9. The second-order valence-corrected chi connectivity index (χ2v) is 14.8. The van der Waals surface area contributed by atoms with Crippen LogP contribution in [-0.2, 0) is 53.6 Å². The van der Waals surface area contributed by atoms with E-state index >= 15 is 8.78 Å². The molecule has 1 aliphatic rings. The van der Waals surface area contributed by atoms with E-state index in [0.717, 1.165) is 37.5 Å². The summed E-state index contributed by atoms with van der Waals surface area (Å²) < 4.78 is 102. The second kappa shape index (κ2) is 11.9. The summed E-state index contributed by atoms with van der Waals surface area (Å²) in [6.07, 6.45) is 0.370. The number of benzene rings is 2. The molecule has 0 fully saturated rings. The molecule has 0 spiro atoms. The molecule has 2 aromatic rings. The van der Waals surface area contributed by atoms with Gasteiger partial charge < -0.3 is 13.7 Å². The summed E-state index contributed by atoms with van der Waals surface area (Å²) in [5.41, 5.74) is 3.46. The van der Waals surface area contributed by atoms with Gasteiger partial charge in [0, 0.05) is 37.3 Å². The van der Waals surface area contributed by atoms with Crippen molar-refractivity contribution in [2.45, 2.75) is 82.5 Å². The van der Waals surface area contributed by atoms with Crippen molar-refractivity contribution in [2.75, 3.05) is 14.2 Å². The van der Waals surface area contributed by atoms with Crippen LogP contribution < -0.4 is 9.34 Å². The number of aryl methyl sites for hydroxylation is 2. The highest BCUT2D eigenvalue weighted by atomic mass is 32.2. The van der Waals surface area contributed by atoms with Gasteiger partial charge in [-0.15, -0.1) is 4.28 Å². The quantitative estimate of drug-likeness (QED) is 0.268. The lowest BCUT2D eigenvalue weighted by atomic mass is 9.90. The molecule has 0 bridgehead atoms. The average Bonchev–Trinajstić information content (AvgIpc) is 3.32. The molecule has 0 radical (unpaired) electrons. The summed E-state index contributed by atoms with van der Waals surface area (Å²) in [5, 5.41) is 2.34. The van der Waals surface area contributed by atoms with E-state index in [1.54, 1.807) is 31.2 Å². The minimum atomic E-state index is -5.20. The fourth-order valence-electron chi connectivity index (χ4n) is 4.85. The predicted octanol–water partition coefficient (Wildman–Crippen LogP) is 3.36. The predicted molar refractivity (Wildman–Crippen MR) is 150 cm³/mol. The molecule has 1 aliphatic carbocycles. The molecule has 1 unspecified atom stereocenters. The summed E-state index contributed by atoms with van der Waals surface area (Å²) in [7, 11) is -7.53. The Kier molecular flexibility index (Phi) is 9.58. The van der Waals surface area contributed by atoms with Crippen LogP contribution in [-0.4, -0.2) is 52.2 Å². The molecule has 1 atom stereocenters. The molecule has 0 heterocycles. The van der Waals surface area contributed by atoms with Crippen molar-refractivity contribution in [3.63, 3.8) is 0 Å². The first-order valence-corrected chi connectivity index (χ1v) is 15.9. The van der Waals surface area contributed by atoms with Gasteiger partial charge in [-0.25, -0.2) is 8.78 Å². The van der Waals surface area contributed by atoms with Crippen LogP contribution in [0.15, 0.2) is 36.4 Å². The summed E-state index contributed by atoms with van der Waals surface area (Å²) in [4.78, 5) is 0. The van der Waals surface area contributed by atoms with Gasteiger partial charge in [0.1, 0.15) is 0 Å². The fraction of sp³-hybridized carbons (Fsp3) is 0.536. The number of nitrogens with one attached hydrogen (secondary N) is 1. The zero-order valence-electron chi connectivity index (χ0n) is 24.3. The molecular weight excluding hydrogens is 580 g/mol. The molecule has 0 aromatic heterocycles. The lowest BCUT2D eigenvalue weighted by Gasteiger charge is -2.42. The van der Waals surface area contributed by atoms with Crippen molar-refractivity contribution in [1.82, 2.24) is 0 Å². The first kappa shape index (κ1) is 32.9. The van der Waals surface area contributed by atoms with Gasteiger partial charge in [-0.05, 0) is 69.5 Å². The number of hydrogen-bond donors (Lipinski definition) is 1. The number of fused-ring (bicyclic) bond motifs is 1. The maximum atomic E-state index is 16.4. The molecule has 0 saturated carbocycles. The maximum absolute atomic E-state index is 16.4. The van der Waals surface area contributed by atoms with Gasteiger partial charge in [-0.3, -0.25) is 0 Å². The third-order valence-electron chi connectivity index (χ3n) is 7.71. The van der Waals surface area contributed by atoms with Crippen LogP contribution in [0.25, 0.3) is 0 Å². The highest BCUT2D eigenvalue weighted by Gasteiger charge is 2.72. The van der Waals surface area contributed by atoms with E-state index in [2.05, 4.69) is 5.16 Å². The van der Waals surface area contributed by atoms with E-state index in [1.807, 2.05) is 12.1 Å². The van der Waals surface area contributed by atoms with Crippen molar-refractivity contribution in [2.24, 2.45) is 0 Å². The smallest absolute Gasteiger partial charge is 0.377 e. The summed E-state index contributed by atoms with van der Waals surface area (Å²) >= 11 is 0. The van der Waals surface area contributed by atoms with Crippen molar-refractivity contribution >= 4 is 25.9 Å². The number of ether oxygens (including phenoxy) is 2. The third-order valence-corrected chi connectivity index (χ3v) is 11.6. The van der Waals surface area contributed by atoms with E-state index in [9.17, 15) is 16.8 Å². The molecule has 9 nitrogen and oxygen atoms in total. The van der Waals surface area contributed by atoms with Gasteiger partial charge in [0.05, 0.1) is 13.2 Å². The van der Waals surface area contributed by atoms with Crippen molar-refractivity contribution in [3.8, 4) is 5.75 Å². The number of alkyl halides is 2. The molecule has 0 amide bonds. The number of methoxy groups -OCH3 is 2. The fourth-order valence-corrected chi connectivity index (χ4v) is 7.42. The van der Waals surface area contributed by atoms with E-state index in [-0.39, 0.29) is 19.0 Å². The van der Waals surface area contributed by atoms with Gasteiger partial charge in [0.15, 0.2) is 15.2 Å². The van der Waals surface area contributed by atoms with Gasteiger partial charge >= 0.3 is 20.2 Å². The topological polar surface area (TPSA) is 119 Å². The van der Waals surface area contributed by atoms with Crippen molar-refractivity contribution in [1.29, 1.82) is 0 Å². The van der Waals surface area contributed by atoms with E-state index in [4.69, 9.17) is 17.9 Å². The monoisotopic (exact) mass is 618 g/mol. The molecule has 228 valence electrons. The molecule has 0 aliphatic heterocycles. The van der Waals surface area contributed by atoms with Gasteiger partial charge in [0.25, 0.3) is 5.92 Å². The van der Waals surface area contributed by atoms with Crippen LogP contribution >= 0.6 is 0 Å². The largest absolute Gasteiger partial charge is 0.381 e. The van der Waals surface area contributed by atoms with Gasteiger partial charge in [-0.2, -0.15) is 16.8 Å². The number of hydrogen-bond acceptors (Lipinski definition) is 8. The van der Waals surface area contributed by atoms with Gasteiger partial charge in [0.2, 0.25) is 5.71 Å². The number of rotatable bonds is 13. The van der Waals surface area contributed by atoms with Crippen LogP contribution in [0.5, 0.6) is 5.75 Å². The van der Waals surface area contributed by atoms with Crippen LogP contribution in [0.3, 0.4) is 0 Å². The number of halogens is 2. The molecule has 0 saturated heterocycles. The summed E-state index contributed by atoms with van der Waals surface area (Å²) in [6, 6.07) is 10.5. The molecule has 41 heavy (non-hydrogen) atoms. The standard InChI is InChI=1S/C28H37F2NO8S2/c1-8-27(5,41(34,35)38-25-21(17-36-6)15-19(2)16-22(25)18-37-7)28(29,30)26(3,4)40(32,33)39-31-24-14-13-20-11-9-10-12-23(20)24/h9-12,15-16H,8,13-14,17-18H2,1-7H3/p+1. The SMILES string of the molecule is CCC(C)(C(F)(F)C(C)(C)S(=O)(=O)O[NH+]=C1CCc2ccccc21)S(=O)(=O)Oc1c(COC)cc(C)cc1COC. The zero-order valence-corrected chi connectivity index (χ0v) is 26.0. The minimum Gasteiger partial charge on any atom is -0.381 e. The highest BCUT2D eigenvalue weighted by Crippen LogP contribution is 2.49. The highest BCUT2D eigenvalue weighted by molar-refractivity contribution is 7.89. The Balaban J connectivity index is 2.03. The van der Waals surface area contributed by atoms with E-state index in [1.165, 1.54) is 21.1 Å². The maximum Gasteiger partial charge on any atom is 0.377 e. The average molecular weight is 619 g/mol. The summed E-state index contributed by atoms with van der Waals surface area (Å²) in [6.45, 7) is 5.11. The Morgan fingerprint density at radius 3 is 2.00 bits per heavy atom. The Bertz CT molecular complexity index is 1490. The molecular formula is C28H38F2NO8S2+. The Labute approximate surface area is 241 Å². The van der Waals surface area contributed by atoms with E-state index < -0.39 is 42.1 Å². The third kappa shape index (κ3) is 5.86. The Hall–Kier alpha value is -2.61. The minimum absolute atomic E-state index is 0.0657. The lowest BCUT2D eigenvalue weighted by molar-refractivity contribution is -0.705. The van der Waals surface area contributed by atoms with Crippen molar-refractivity contribution in [3.05, 3.63) is 64.2 Å². The molecule has 1 N–H and O–H groups in total. The first-order valence-electron chi connectivity index (χ1n) is 13.0. The van der Waals surface area contributed by atoms with Crippen LogP contribution in [0, 0.1) is 6.92 Å². The van der Waals surface area contributed by atoms with Crippen molar-refractivity contribution < 1.29 is 48.7 Å². The van der Waals surface area contributed by atoms with Gasteiger partial charge in [-0.1, -0.05) is 30.7 Å². The Morgan fingerprint density at radius 2 is 1.46 bits per heavy atom. The first-order chi connectivity index (χ1) is 19.0. The Morgan fingerprint density at radius 1 is 0.902 bits per heavy atom. The molecule has 2 aromatic carbocycles. The van der Waals surface area contributed by atoms with Crippen LogP contribution in [0.1, 0.15) is 68.4 Å². The second-order valence-electron chi connectivity index (χ2n) is 10.8. The molecule has 13 heteroatoms. The molecule has 3 rings (SSSR count). The summed E-state index contributed by atoms with van der Waals surface area (Å²) in [5.74, 6) is -4.61. The van der Waals surface area contributed by atoms with Crippen LogP contribution in [0.4, 0.5) is 8.78 Å². The lowest BCUT2D eigenvalue weighted by Crippen LogP contribution is -2.76.